The average Bonchev–Trinajstić information content (AvgIpc) is 3.16. The molecule has 0 bridgehead atoms. The number of rotatable bonds is 2. The van der Waals surface area contributed by atoms with E-state index in [1.165, 1.54) is 10.4 Å². The van der Waals surface area contributed by atoms with E-state index in [9.17, 15) is 0 Å². The lowest BCUT2D eigenvalue weighted by atomic mass is 10.0. The number of nitrogens with zero attached hydrogens (tertiary/aromatic N) is 3. The van der Waals surface area contributed by atoms with Gasteiger partial charge in [-0.1, -0.05) is 5.16 Å². The Morgan fingerprint density at radius 1 is 1.38 bits per heavy atom. The van der Waals surface area contributed by atoms with Gasteiger partial charge in [0.25, 0.3) is 0 Å². The fourth-order valence-corrected chi connectivity index (χ4v) is 3.51. The quantitative estimate of drug-likeness (QED) is 0.788. The minimum atomic E-state index is -0.00828. The monoisotopic (exact) mass is 298 g/mol. The van der Waals surface area contributed by atoms with Gasteiger partial charge in [0.1, 0.15) is 11.7 Å². The summed E-state index contributed by atoms with van der Waals surface area (Å²) >= 11 is 1.79. The van der Waals surface area contributed by atoms with E-state index in [1.54, 1.807) is 17.5 Å². The Bertz CT molecular complexity index is 779. The van der Waals surface area contributed by atoms with Crippen LogP contribution in [0.25, 0.3) is 11.5 Å². The van der Waals surface area contributed by atoms with E-state index in [0.29, 0.717) is 11.7 Å². The standard InChI is InChI=1S/C15H14N4OS/c1-9-2-5-16-11(8-9)14-18-15(20-19-14)13-10-4-7-21-12(10)3-6-17-13/h2,4-5,7-8,13,17H,3,6H2,1H3. The lowest BCUT2D eigenvalue weighted by Gasteiger charge is -2.20. The number of pyridine rings is 1. The van der Waals surface area contributed by atoms with Crippen LogP contribution in [0.5, 0.6) is 0 Å². The fourth-order valence-electron chi connectivity index (χ4n) is 2.59. The maximum atomic E-state index is 5.47. The molecule has 0 radical (unpaired) electrons. The van der Waals surface area contributed by atoms with Crippen LogP contribution in [0.2, 0.25) is 0 Å². The second kappa shape index (κ2) is 5.05. The normalized spacial score (nSPS) is 17.7. The van der Waals surface area contributed by atoms with Crippen molar-refractivity contribution in [1.29, 1.82) is 0 Å². The summed E-state index contributed by atoms with van der Waals surface area (Å²) in [5.74, 6) is 1.14. The Balaban J connectivity index is 1.70. The first-order valence-electron chi connectivity index (χ1n) is 6.87. The molecule has 0 saturated carbocycles. The molecule has 4 heterocycles. The summed E-state index contributed by atoms with van der Waals surface area (Å²) in [6, 6.07) is 6.03. The maximum absolute atomic E-state index is 5.47. The number of thiophene rings is 1. The molecule has 4 rings (SSSR count). The Morgan fingerprint density at radius 3 is 3.24 bits per heavy atom. The summed E-state index contributed by atoms with van der Waals surface area (Å²) in [6.45, 7) is 2.95. The molecule has 21 heavy (non-hydrogen) atoms. The summed E-state index contributed by atoms with van der Waals surface area (Å²) in [6.07, 6.45) is 2.82. The highest BCUT2D eigenvalue weighted by Crippen LogP contribution is 2.31. The number of hydrogen-bond donors (Lipinski definition) is 1. The molecule has 1 aliphatic heterocycles. The topological polar surface area (TPSA) is 63.8 Å². The molecule has 0 amide bonds. The van der Waals surface area contributed by atoms with E-state index in [0.717, 1.165) is 24.2 Å². The van der Waals surface area contributed by atoms with E-state index < -0.39 is 0 Å². The van der Waals surface area contributed by atoms with Crippen molar-refractivity contribution in [3.8, 4) is 11.5 Å². The fraction of sp³-hybridized carbons (Fsp3) is 0.267. The van der Waals surface area contributed by atoms with E-state index in [2.05, 4.69) is 31.9 Å². The van der Waals surface area contributed by atoms with Crippen molar-refractivity contribution in [1.82, 2.24) is 20.4 Å². The van der Waals surface area contributed by atoms with Gasteiger partial charge in [0, 0.05) is 17.6 Å². The first-order valence-corrected chi connectivity index (χ1v) is 7.75. The predicted octanol–water partition coefficient (Wildman–Crippen LogP) is 2.74. The van der Waals surface area contributed by atoms with Gasteiger partial charge in [-0.3, -0.25) is 4.98 Å². The Hall–Kier alpha value is -2.05. The van der Waals surface area contributed by atoms with Crippen molar-refractivity contribution in [2.24, 2.45) is 0 Å². The molecule has 1 N–H and O–H groups in total. The van der Waals surface area contributed by atoms with E-state index in [-0.39, 0.29) is 6.04 Å². The number of fused-ring (bicyclic) bond motifs is 1. The third-order valence-corrected chi connectivity index (χ3v) is 4.62. The van der Waals surface area contributed by atoms with Gasteiger partial charge in [-0.25, -0.2) is 0 Å². The lowest BCUT2D eigenvalue weighted by Crippen LogP contribution is -2.29. The molecule has 5 nitrogen and oxygen atoms in total. The molecule has 3 aromatic rings. The van der Waals surface area contributed by atoms with Gasteiger partial charge < -0.3 is 9.84 Å². The van der Waals surface area contributed by atoms with Crippen LogP contribution in [0.1, 0.15) is 27.9 Å². The number of hydrogen-bond acceptors (Lipinski definition) is 6. The van der Waals surface area contributed by atoms with Crippen LogP contribution < -0.4 is 5.32 Å². The van der Waals surface area contributed by atoms with Crippen LogP contribution in [-0.4, -0.2) is 21.7 Å². The summed E-state index contributed by atoms with van der Waals surface area (Å²) < 4.78 is 5.47. The van der Waals surface area contributed by atoms with Crippen LogP contribution in [0.4, 0.5) is 0 Å². The van der Waals surface area contributed by atoms with Gasteiger partial charge >= 0.3 is 0 Å². The minimum absolute atomic E-state index is 0.00828. The van der Waals surface area contributed by atoms with Crippen LogP contribution in [-0.2, 0) is 6.42 Å². The molecule has 0 fully saturated rings. The summed E-state index contributed by atoms with van der Waals surface area (Å²) in [7, 11) is 0. The third kappa shape index (κ3) is 2.26. The van der Waals surface area contributed by atoms with Gasteiger partial charge in [-0.2, -0.15) is 4.98 Å². The van der Waals surface area contributed by atoms with Gasteiger partial charge in [0.05, 0.1) is 0 Å². The molecule has 106 valence electrons. The van der Waals surface area contributed by atoms with Crippen molar-refractivity contribution < 1.29 is 4.52 Å². The highest BCUT2D eigenvalue weighted by molar-refractivity contribution is 7.10. The molecule has 0 saturated heterocycles. The molecule has 3 aromatic heterocycles. The van der Waals surface area contributed by atoms with Gasteiger partial charge in [-0.15, -0.1) is 11.3 Å². The largest absolute Gasteiger partial charge is 0.337 e. The van der Waals surface area contributed by atoms with Crippen molar-refractivity contribution in [2.45, 2.75) is 19.4 Å². The number of aryl methyl sites for hydroxylation is 1. The Kier molecular flexibility index (Phi) is 3.05. The first kappa shape index (κ1) is 12.7. The summed E-state index contributed by atoms with van der Waals surface area (Å²) in [5.41, 5.74) is 3.12. The van der Waals surface area contributed by atoms with Crippen molar-refractivity contribution in [3.05, 3.63) is 51.7 Å². The summed E-state index contributed by atoms with van der Waals surface area (Å²) in [4.78, 5) is 10.2. The van der Waals surface area contributed by atoms with E-state index >= 15 is 0 Å². The zero-order valence-electron chi connectivity index (χ0n) is 11.5. The highest BCUT2D eigenvalue weighted by Gasteiger charge is 2.27. The van der Waals surface area contributed by atoms with Gasteiger partial charge in [0.15, 0.2) is 0 Å². The number of nitrogens with one attached hydrogen (secondary N) is 1. The van der Waals surface area contributed by atoms with E-state index in [4.69, 9.17) is 4.52 Å². The van der Waals surface area contributed by atoms with Gasteiger partial charge in [-0.05, 0) is 48.1 Å². The predicted molar refractivity (Wildman–Crippen MR) is 80.1 cm³/mol. The highest BCUT2D eigenvalue weighted by atomic mass is 32.1. The minimum Gasteiger partial charge on any atom is -0.337 e. The maximum Gasteiger partial charge on any atom is 0.248 e. The Labute approximate surface area is 126 Å². The average molecular weight is 298 g/mol. The molecular weight excluding hydrogens is 284 g/mol. The zero-order chi connectivity index (χ0) is 14.2. The molecule has 0 aromatic carbocycles. The number of aromatic nitrogens is 3. The van der Waals surface area contributed by atoms with Crippen molar-refractivity contribution >= 4 is 11.3 Å². The smallest absolute Gasteiger partial charge is 0.248 e. The second-order valence-corrected chi connectivity index (χ2v) is 6.11. The van der Waals surface area contributed by atoms with Crippen molar-refractivity contribution in [3.63, 3.8) is 0 Å². The molecule has 6 heteroatoms. The zero-order valence-corrected chi connectivity index (χ0v) is 12.4. The molecule has 0 aliphatic carbocycles. The Morgan fingerprint density at radius 2 is 2.33 bits per heavy atom. The molecule has 1 atom stereocenters. The molecule has 0 spiro atoms. The second-order valence-electron chi connectivity index (χ2n) is 5.11. The molecule has 1 aliphatic rings. The first-order chi connectivity index (χ1) is 10.3. The lowest BCUT2D eigenvalue weighted by molar-refractivity contribution is 0.344. The van der Waals surface area contributed by atoms with Gasteiger partial charge in [0.2, 0.25) is 11.7 Å². The molecular formula is C15H14N4OS. The van der Waals surface area contributed by atoms with Crippen LogP contribution >= 0.6 is 11.3 Å². The molecule has 1 unspecified atom stereocenters. The van der Waals surface area contributed by atoms with E-state index in [1.807, 2.05) is 19.1 Å². The third-order valence-electron chi connectivity index (χ3n) is 3.62. The van der Waals surface area contributed by atoms with Crippen LogP contribution in [0.3, 0.4) is 0 Å². The van der Waals surface area contributed by atoms with Crippen molar-refractivity contribution in [2.75, 3.05) is 6.54 Å². The van der Waals surface area contributed by atoms with Crippen LogP contribution in [0.15, 0.2) is 34.3 Å². The SMILES string of the molecule is Cc1ccnc(-c2noc(C3NCCc4sccc43)n2)c1. The summed E-state index contributed by atoms with van der Waals surface area (Å²) in [5, 5.41) is 9.63. The van der Waals surface area contributed by atoms with Crippen LogP contribution in [0, 0.1) is 6.92 Å².